The third-order valence-electron chi connectivity index (χ3n) is 4.67. The Morgan fingerprint density at radius 3 is 2.90 bits per heavy atom. The normalized spacial score (nSPS) is 11.1. The highest BCUT2D eigenvalue weighted by molar-refractivity contribution is 7.13. The van der Waals surface area contributed by atoms with Crippen LogP contribution in [0.15, 0.2) is 36.0 Å². The zero-order chi connectivity index (χ0) is 21.8. The van der Waals surface area contributed by atoms with Crippen molar-refractivity contribution >= 4 is 22.9 Å². The second-order valence-corrected chi connectivity index (χ2v) is 7.73. The molecule has 4 heterocycles. The van der Waals surface area contributed by atoms with Crippen molar-refractivity contribution in [3.63, 3.8) is 0 Å². The third kappa shape index (κ3) is 4.54. The molecule has 0 saturated carbocycles. The number of aromatic amines is 1. The number of anilines is 1. The van der Waals surface area contributed by atoms with E-state index < -0.39 is 0 Å². The van der Waals surface area contributed by atoms with Crippen molar-refractivity contribution in [2.24, 2.45) is 0 Å². The number of carbonyl (C=O) groups excluding carboxylic acids is 1. The Bertz CT molecular complexity index is 1160. The van der Waals surface area contributed by atoms with Gasteiger partial charge in [-0.25, -0.2) is 4.98 Å². The van der Waals surface area contributed by atoms with Crippen molar-refractivity contribution < 1.29 is 9.53 Å². The van der Waals surface area contributed by atoms with Crippen LogP contribution in [-0.4, -0.2) is 49.1 Å². The lowest BCUT2D eigenvalue weighted by Gasteiger charge is -2.03. The fraction of sp³-hybridized carbons (Fsp3) is 0.286. The lowest BCUT2D eigenvalue weighted by atomic mass is 10.2. The Morgan fingerprint density at radius 2 is 2.19 bits per heavy atom. The van der Waals surface area contributed by atoms with Gasteiger partial charge in [0.1, 0.15) is 16.4 Å². The number of carbonyl (C=O) groups is 1. The first-order valence-electron chi connectivity index (χ1n) is 9.92. The van der Waals surface area contributed by atoms with Gasteiger partial charge >= 0.3 is 0 Å². The Kier molecular flexibility index (Phi) is 6.19. The van der Waals surface area contributed by atoms with Gasteiger partial charge in [-0.3, -0.25) is 19.6 Å². The average molecular weight is 438 g/mol. The van der Waals surface area contributed by atoms with Gasteiger partial charge in [0.15, 0.2) is 0 Å². The molecule has 2 N–H and O–H groups in total. The van der Waals surface area contributed by atoms with Crippen LogP contribution in [0.5, 0.6) is 0 Å². The molecule has 1 amide bonds. The number of aryl methyl sites for hydroxylation is 2. The van der Waals surface area contributed by atoms with Gasteiger partial charge in [-0.15, -0.1) is 11.3 Å². The fourth-order valence-corrected chi connectivity index (χ4v) is 4.12. The minimum Gasteiger partial charge on any atom is -0.380 e. The highest BCUT2D eigenvalue weighted by Gasteiger charge is 2.19. The monoisotopic (exact) mass is 437 g/mol. The first-order valence-corrected chi connectivity index (χ1v) is 10.8. The molecule has 4 aromatic heterocycles. The van der Waals surface area contributed by atoms with Crippen LogP contribution in [0.1, 0.15) is 28.8 Å². The number of thiazole rings is 1. The lowest BCUT2D eigenvalue weighted by molar-refractivity contribution is 0.102. The van der Waals surface area contributed by atoms with Crippen LogP contribution in [-0.2, 0) is 11.3 Å². The number of hydrogen-bond acceptors (Lipinski definition) is 7. The van der Waals surface area contributed by atoms with E-state index in [4.69, 9.17) is 4.74 Å². The summed E-state index contributed by atoms with van der Waals surface area (Å²) < 4.78 is 7.17. The molecule has 0 saturated heterocycles. The van der Waals surface area contributed by atoms with Crippen LogP contribution < -0.4 is 5.32 Å². The molecule has 0 aliphatic carbocycles. The van der Waals surface area contributed by atoms with Crippen LogP contribution in [0, 0.1) is 13.8 Å². The van der Waals surface area contributed by atoms with Crippen molar-refractivity contribution in [1.82, 2.24) is 29.9 Å². The van der Waals surface area contributed by atoms with Gasteiger partial charge in [-0.2, -0.15) is 10.2 Å². The molecule has 4 rings (SSSR count). The molecule has 4 aromatic rings. The summed E-state index contributed by atoms with van der Waals surface area (Å²) in [5, 5.41) is 17.2. The van der Waals surface area contributed by atoms with Crippen LogP contribution in [0.3, 0.4) is 0 Å². The number of amides is 1. The van der Waals surface area contributed by atoms with Crippen molar-refractivity contribution in [1.29, 1.82) is 0 Å². The van der Waals surface area contributed by atoms with Crippen molar-refractivity contribution in [2.75, 3.05) is 18.5 Å². The molecule has 0 atom stereocenters. The highest BCUT2D eigenvalue weighted by Crippen LogP contribution is 2.29. The van der Waals surface area contributed by atoms with E-state index in [9.17, 15) is 4.79 Å². The quantitative estimate of drug-likeness (QED) is 0.407. The molecule has 0 aliphatic heterocycles. The van der Waals surface area contributed by atoms with Crippen LogP contribution in [0.25, 0.3) is 22.0 Å². The third-order valence-corrected chi connectivity index (χ3v) is 5.52. The van der Waals surface area contributed by atoms with E-state index in [2.05, 4.69) is 30.6 Å². The molecule has 0 unspecified atom stereocenters. The van der Waals surface area contributed by atoms with Gasteiger partial charge in [0, 0.05) is 30.1 Å². The lowest BCUT2D eigenvalue weighted by Crippen LogP contribution is -2.12. The van der Waals surface area contributed by atoms with Crippen molar-refractivity contribution in [3.8, 4) is 22.0 Å². The summed E-state index contributed by atoms with van der Waals surface area (Å²) >= 11 is 1.41. The number of ether oxygens (including phenoxy) is 1. The molecule has 0 fully saturated rings. The van der Waals surface area contributed by atoms with Crippen LogP contribution in [0.4, 0.5) is 5.69 Å². The molecular formula is C21H23N7O2S. The smallest absolute Gasteiger partial charge is 0.275 e. The Morgan fingerprint density at radius 1 is 1.32 bits per heavy atom. The summed E-state index contributed by atoms with van der Waals surface area (Å²) in [6, 6.07) is 5.58. The summed E-state index contributed by atoms with van der Waals surface area (Å²) in [6.45, 7) is 7.54. The number of aromatic nitrogens is 6. The van der Waals surface area contributed by atoms with Gasteiger partial charge in [0.25, 0.3) is 5.91 Å². The van der Waals surface area contributed by atoms with E-state index in [1.807, 2.05) is 39.0 Å². The Labute approximate surface area is 183 Å². The predicted molar refractivity (Wildman–Crippen MR) is 119 cm³/mol. The van der Waals surface area contributed by atoms with Gasteiger partial charge in [0.05, 0.1) is 35.8 Å². The van der Waals surface area contributed by atoms with Crippen molar-refractivity contribution in [2.45, 2.75) is 27.3 Å². The van der Waals surface area contributed by atoms with E-state index in [1.165, 1.54) is 11.3 Å². The topological polar surface area (TPSA) is 111 Å². The zero-order valence-corrected chi connectivity index (χ0v) is 18.4. The van der Waals surface area contributed by atoms with E-state index >= 15 is 0 Å². The molecule has 160 valence electrons. The van der Waals surface area contributed by atoms with Crippen LogP contribution in [0.2, 0.25) is 0 Å². The van der Waals surface area contributed by atoms with E-state index in [-0.39, 0.29) is 5.91 Å². The summed E-state index contributed by atoms with van der Waals surface area (Å²) in [5.74, 6) is -0.303. The molecule has 9 nitrogen and oxygen atoms in total. The molecule has 0 bridgehead atoms. The number of hydrogen-bond donors (Lipinski definition) is 2. The maximum absolute atomic E-state index is 12.9. The Balaban J connectivity index is 1.59. The fourth-order valence-electron chi connectivity index (χ4n) is 3.17. The van der Waals surface area contributed by atoms with Crippen LogP contribution >= 0.6 is 11.3 Å². The maximum Gasteiger partial charge on any atom is 0.275 e. The second-order valence-electron chi connectivity index (χ2n) is 6.87. The van der Waals surface area contributed by atoms with Gasteiger partial charge in [0.2, 0.25) is 0 Å². The molecule has 31 heavy (non-hydrogen) atoms. The summed E-state index contributed by atoms with van der Waals surface area (Å²) in [5.41, 5.74) is 4.90. The van der Waals surface area contributed by atoms with Gasteiger partial charge in [-0.05, 0) is 32.9 Å². The second kappa shape index (κ2) is 9.19. The van der Waals surface area contributed by atoms with E-state index in [0.717, 1.165) is 22.0 Å². The minimum atomic E-state index is -0.303. The highest BCUT2D eigenvalue weighted by atomic mass is 32.1. The first-order chi connectivity index (χ1) is 15.1. The SMILES string of the molecule is CCOCCn1cc(NC(=O)c2csc(-c3c(C)n[nH]c3C)n2)c(-c2ccccn2)n1. The minimum absolute atomic E-state index is 0.303. The molecule has 10 heteroatoms. The Hall–Kier alpha value is -3.37. The number of pyridine rings is 1. The standard InChI is InChI=1S/C21H23N7O2S/c1-4-30-10-9-28-11-16(19(27-28)15-7-5-6-8-22-15)23-20(29)17-12-31-21(24-17)18-13(2)25-26-14(18)3/h5-8,11-12H,4,9-10H2,1-3H3,(H,23,29)(H,25,26). The van der Waals surface area contributed by atoms with E-state index in [0.29, 0.717) is 42.5 Å². The number of nitrogens with one attached hydrogen (secondary N) is 2. The van der Waals surface area contributed by atoms with Gasteiger partial charge < -0.3 is 10.1 Å². The summed E-state index contributed by atoms with van der Waals surface area (Å²) in [6.07, 6.45) is 3.49. The van der Waals surface area contributed by atoms with E-state index in [1.54, 1.807) is 22.5 Å². The number of H-pyrrole nitrogens is 1. The molecule has 0 aliphatic rings. The molecule has 0 aromatic carbocycles. The molecular weight excluding hydrogens is 414 g/mol. The number of rotatable bonds is 8. The van der Waals surface area contributed by atoms with Gasteiger partial charge in [-0.1, -0.05) is 6.07 Å². The first kappa shape index (κ1) is 20.9. The summed E-state index contributed by atoms with van der Waals surface area (Å²) in [7, 11) is 0. The van der Waals surface area contributed by atoms with Crippen molar-refractivity contribution in [3.05, 3.63) is 53.1 Å². The largest absolute Gasteiger partial charge is 0.380 e. The molecule has 0 spiro atoms. The number of nitrogens with zero attached hydrogens (tertiary/aromatic N) is 5. The maximum atomic E-state index is 12.9. The molecule has 0 radical (unpaired) electrons. The average Bonchev–Trinajstić information content (AvgIpc) is 3.48. The zero-order valence-electron chi connectivity index (χ0n) is 17.5. The summed E-state index contributed by atoms with van der Waals surface area (Å²) in [4.78, 5) is 21.8. The predicted octanol–water partition coefficient (Wildman–Crippen LogP) is 3.70.